The van der Waals surface area contributed by atoms with Crippen molar-refractivity contribution in [2.75, 3.05) is 6.54 Å². The van der Waals surface area contributed by atoms with Crippen LogP contribution in [0.2, 0.25) is 0 Å². The molecule has 1 unspecified atom stereocenters. The number of nitrogens with two attached hydrogens (primary N) is 1. The number of carbonyl (C=O) groups excluding carboxylic acids is 1. The Kier molecular flexibility index (Phi) is 9.08. The summed E-state index contributed by atoms with van der Waals surface area (Å²) in [6.07, 6.45) is 7.37. The molecular formula is C15H31NO2. The van der Waals surface area contributed by atoms with Crippen molar-refractivity contribution in [2.24, 2.45) is 11.7 Å². The predicted molar refractivity (Wildman–Crippen MR) is 76.4 cm³/mol. The molecule has 0 aliphatic rings. The maximum Gasteiger partial charge on any atom is 0.309 e. The van der Waals surface area contributed by atoms with Gasteiger partial charge in [-0.3, -0.25) is 4.79 Å². The second kappa shape index (κ2) is 9.37. The molecule has 0 aliphatic heterocycles. The maximum absolute atomic E-state index is 12.1. The Hall–Kier alpha value is -0.570. The summed E-state index contributed by atoms with van der Waals surface area (Å²) in [5.74, 6) is 0.0259. The first-order chi connectivity index (χ1) is 8.40. The van der Waals surface area contributed by atoms with E-state index in [1.165, 1.54) is 12.8 Å². The van der Waals surface area contributed by atoms with Crippen LogP contribution in [0.25, 0.3) is 0 Å². The Labute approximate surface area is 112 Å². The molecular weight excluding hydrogens is 226 g/mol. The fourth-order valence-electron chi connectivity index (χ4n) is 1.94. The molecule has 2 N–H and O–H groups in total. The second-order valence-electron chi connectivity index (χ2n) is 6.01. The number of rotatable bonds is 9. The highest BCUT2D eigenvalue weighted by molar-refractivity contribution is 5.72. The van der Waals surface area contributed by atoms with Crippen LogP contribution in [0.5, 0.6) is 0 Å². The topological polar surface area (TPSA) is 52.3 Å². The molecule has 1 atom stereocenters. The van der Waals surface area contributed by atoms with E-state index < -0.39 is 0 Å². The lowest BCUT2D eigenvalue weighted by atomic mass is 9.95. The van der Waals surface area contributed by atoms with E-state index in [-0.39, 0.29) is 17.5 Å². The molecule has 0 heterocycles. The van der Waals surface area contributed by atoms with E-state index in [0.717, 1.165) is 32.1 Å². The summed E-state index contributed by atoms with van der Waals surface area (Å²) in [7, 11) is 0. The molecule has 0 saturated heterocycles. The first kappa shape index (κ1) is 17.4. The van der Waals surface area contributed by atoms with Gasteiger partial charge in [-0.2, -0.15) is 0 Å². The molecule has 0 amide bonds. The highest BCUT2D eigenvalue weighted by Crippen LogP contribution is 2.21. The summed E-state index contributed by atoms with van der Waals surface area (Å²) in [5.41, 5.74) is 5.12. The van der Waals surface area contributed by atoms with Gasteiger partial charge in [-0.15, -0.1) is 0 Å². The quantitative estimate of drug-likeness (QED) is 0.506. The molecule has 3 nitrogen and oxygen atoms in total. The number of hydrogen-bond acceptors (Lipinski definition) is 3. The van der Waals surface area contributed by atoms with E-state index in [4.69, 9.17) is 10.5 Å². The molecule has 0 aliphatic carbocycles. The summed E-state index contributed by atoms with van der Waals surface area (Å²) in [6.45, 7) is 8.66. The lowest BCUT2D eigenvalue weighted by molar-refractivity contribution is -0.160. The number of unbranched alkanes of at least 4 members (excludes halogenated alkanes) is 3. The molecule has 18 heavy (non-hydrogen) atoms. The summed E-state index contributed by atoms with van der Waals surface area (Å²) >= 11 is 0. The highest BCUT2D eigenvalue weighted by Gasteiger charge is 2.24. The fraction of sp³-hybridized carbons (Fsp3) is 0.933. The number of esters is 1. The number of carbonyl (C=O) groups is 1. The third-order valence-corrected chi connectivity index (χ3v) is 2.90. The van der Waals surface area contributed by atoms with E-state index in [1.807, 2.05) is 20.8 Å². The van der Waals surface area contributed by atoms with Gasteiger partial charge in [-0.05, 0) is 46.6 Å². The van der Waals surface area contributed by atoms with Gasteiger partial charge in [0.1, 0.15) is 5.60 Å². The molecule has 108 valence electrons. The largest absolute Gasteiger partial charge is 0.460 e. The average molecular weight is 257 g/mol. The van der Waals surface area contributed by atoms with Crippen molar-refractivity contribution >= 4 is 5.97 Å². The molecule has 0 rings (SSSR count). The minimum atomic E-state index is -0.381. The van der Waals surface area contributed by atoms with Crippen LogP contribution in [-0.4, -0.2) is 18.1 Å². The third kappa shape index (κ3) is 9.46. The van der Waals surface area contributed by atoms with Gasteiger partial charge >= 0.3 is 5.97 Å². The van der Waals surface area contributed by atoms with Crippen molar-refractivity contribution in [1.29, 1.82) is 0 Å². The average Bonchev–Trinajstić information content (AvgIpc) is 2.25. The Morgan fingerprint density at radius 1 is 1.11 bits per heavy atom. The van der Waals surface area contributed by atoms with E-state index in [2.05, 4.69) is 6.92 Å². The van der Waals surface area contributed by atoms with E-state index >= 15 is 0 Å². The zero-order valence-electron chi connectivity index (χ0n) is 12.6. The van der Waals surface area contributed by atoms with Crippen molar-refractivity contribution in [1.82, 2.24) is 0 Å². The molecule has 0 saturated carbocycles. The van der Waals surface area contributed by atoms with Gasteiger partial charge in [0.05, 0.1) is 5.92 Å². The second-order valence-corrected chi connectivity index (χ2v) is 6.01. The molecule has 0 bridgehead atoms. The lowest BCUT2D eigenvalue weighted by Crippen LogP contribution is -2.29. The minimum Gasteiger partial charge on any atom is -0.460 e. The molecule has 0 aromatic carbocycles. The van der Waals surface area contributed by atoms with Crippen LogP contribution in [0.15, 0.2) is 0 Å². The molecule has 0 aromatic heterocycles. The molecule has 0 radical (unpaired) electrons. The summed E-state index contributed by atoms with van der Waals surface area (Å²) < 4.78 is 5.49. The van der Waals surface area contributed by atoms with Gasteiger partial charge in [-0.1, -0.05) is 32.6 Å². The fourth-order valence-corrected chi connectivity index (χ4v) is 1.94. The van der Waals surface area contributed by atoms with E-state index in [0.29, 0.717) is 6.54 Å². The minimum absolute atomic E-state index is 0.0318. The van der Waals surface area contributed by atoms with Gasteiger partial charge in [0.25, 0.3) is 0 Å². The number of ether oxygens (including phenoxy) is 1. The van der Waals surface area contributed by atoms with Crippen LogP contribution in [0, 0.1) is 5.92 Å². The van der Waals surface area contributed by atoms with Gasteiger partial charge < -0.3 is 10.5 Å². The molecule has 0 spiro atoms. The van der Waals surface area contributed by atoms with Crippen LogP contribution in [0.1, 0.15) is 72.6 Å². The summed E-state index contributed by atoms with van der Waals surface area (Å²) in [5, 5.41) is 0. The van der Waals surface area contributed by atoms with Crippen molar-refractivity contribution in [3.8, 4) is 0 Å². The molecule has 0 aromatic rings. The first-order valence-corrected chi connectivity index (χ1v) is 7.33. The molecule has 3 heteroatoms. The number of hydrogen-bond donors (Lipinski definition) is 1. The van der Waals surface area contributed by atoms with Crippen LogP contribution in [0.3, 0.4) is 0 Å². The zero-order valence-corrected chi connectivity index (χ0v) is 12.6. The van der Waals surface area contributed by atoms with E-state index in [9.17, 15) is 4.79 Å². The Morgan fingerprint density at radius 3 is 2.11 bits per heavy atom. The predicted octanol–water partition coefficient (Wildman–Crippen LogP) is 3.65. The smallest absolute Gasteiger partial charge is 0.309 e. The monoisotopic (exact) mass is 257 g/mol. The SMILES string of the molecule is CCCCCC(CCCCN)C(=O)OC(C)(C)C. The van der Waals surface area contributed by atoms with Gasteiger partial charge in [0, 0.05) is 0 Å². The van der Waals surface area contributed by atoms with Crippen molar-refractivity contribution in [3.63, 3.8) is 0 Å². The van der Waals surface area contributed by atoms with Crippen molar-refractivity contribution < 1.29 is 9.53 Å². The first-order valence-electron chi connectivity index (χ1n) is 7.33. The van der Waals surface area contributed by atoms with E-state index in [1.54, 1.807) is 0 Å². The van der Waals surface area contributed by atoms with Gasteiger partial charge in [0.15, 0.2) is 0 Å². The maximum atomic E-state index is 12.1. The zero-order chi connectivity index (χ0) is 14.0. The van der Waals surface area contributed by atoms with Crippen molar-refractivity contribution in [2.45, 2.75) is 78.2 Å². The van der Waals surface area contributed by atoms with Gasteiger partial charge in [-0.25, -0.2) is 0 Å². The van der Waals surface area contributed by atoms with Crippen LogP contribution in [0.4, 0.5) is 0 Å². The summed E-state index contributed by atoms with van der Waals surface area (Å²) in [4.78, 5) is 12.1. The standard InChI is InChI=1S/C15H31NO2/c1-5-6-7-10-13(11-8-9-12-16)14(17)18-15(2,3)4/h13H,5-12,16H2,1-4H3. The Balaban J connectivity index is 4.20. The summed E-state index contributed by atoms with van der Waals surface area (Å²) in [6, 6.07) is 0. The van der Waals surface area contributed by atoms with Crippen LogP contribution in [-0.2, 0) is 9.53 Å². The Bertz CT molecular complexity index is 211. The van der Waals surface area contributed by atoms with Gasteiger partial charge in [0.2, 0.25) is 0 Å². The van der Waals surface area contributed by atoms with Crippen LogP contribution < -0.4 is 5.73 Å². The third-order valence-electron chi connectivity index (χ3n) is 2.90. The molecule has 0 fully saturated rings. The highest BCUT2D eigenvalue weighted by atomic mass is 16.6. The Morgan fingerprint density at radius 2 is 1.67 bits per heavy atom. The lowest BCUT2D eigenvalue weighted by Gasteiger charge is -2.24. The normalized spacial score (nSPS) is 13.4. The van der Waals surface area contributed by atoms with Crippen LogP contribution >= 0.6 is 0 Å². The van der Waals surface area contributed by atoms with Crippen molar-refractivity contribution in [3.05, 3.63) is 0 Å².